The first-order valence-corrected chi connectivity index (χ1v) is 6.51. The van der Waals surface area contributed by atoms with Crippen molar-refractivity contribution < 1.29 is 0 Å². The number of likely N-dealkylation sites (N-methyl/N-ethyl adjacent to an activating group) is 1. The minimum atomic E-state index is -0.455. The lowest BCUT2D eigenvalue weighted by Crippen LogP contribution is -2.47. The fourth-order valence-corrected chi connectivity index (χ4v) is 2.60. The van der Waals surface area contributed by atoms with Crippen LogP contribution in [0.3, 0.4) is 0 Å². The van der Waals surface area contributed by atoms with E-state index in [1.165, 1.54) is 11.1 Å². The summed E-state index contributed by atoms with van der Waals surface area (Å²) in [5.41, 5.74) is 1.97. The number of hydrogen-bond acceptors (Lipinski definition) is 3. The van der Waals surface area contributed by atoms with E-state index < -0.39 is 5.54 Å². The summed E-state index contributed by atoms with van der Waals surface area (Å²) >= 11 is 6.00. The van der Waals surface area contributed by atoms with Gasteiger partial charge in [0.25, 0.3) is 0 Å². The fraction of sp³-hybridized carbons (Fsp3) is 0.500. The molecular formula is C14H18ClN3. The van der Waals surface area contributed by atoms with Gasteiger partial charge in [-0.3, -0.25) is 5.32 Å². The van der Waals surface area contributed by atoms with E-state index in [0.717, 1.165) is 31.0 Å². The molecule has 0 aromatic heterocycles. The number of hydrogen-bond donors (Lipinski definition) is 1. The summed E-state index contributed by atoms with van der Waals surface area (Å²) in [5.74, 6) is 0. The van der Waals surface area contributed by atoms with Crippen LogP contribution in [0.1, 0.15) is 11.1 Å². The lowest BCUT2D eigenvalue weighted by Gasteiger charge is -2.23. The molecule has 4 heteroatoms. The molecule has 1 aromatic rings. The molecule has 1 aliphatic carbocycles. The van der Waals surface area contributed by atoms with Gasteiger partial charge in [0.2, 0.25) is 0 Å². The lowest BCUT2D eigenvalue weighted by molar-refractivity contribution is 0.357. The van der Waals surface area contributed by atoms with Gasteiger partial charge in [0.05, 0.1) is 6.07 Å². The van der Waals surface area contributed by atoms with Crippen LogP contribution in [0.5, 0.6) is 0 Å². The predicted octanol–water partition coefficient (Wildman–Crippen LogP) is 1.85. The number of halogens is 1. The summed E-state index contributed by atoms with van der Waals surface area (Å²) in [7, 11) is 4.06. The molecule has 0 heterocycles. The number of nitrogens with one attached hydrogen (secondary N) is 1. The number of rotatable bonds is 4. The van der Waals surface area contributed by atoms with Crippen LogP contribution in [-0.4, -0.2) is 37.6 Å². The standard InChI is InChI=1S/C14H18ClN3/c1-18(2)6-5-17-14(10-16)8-11-3-4-13(15)7-12(11)9-14/h3-4,7,17H,5-6,8-9H2,1-2H3. The minimum Gasteiger partial charge on any atom is -0.308 e. The summed E-state index contributed by atoms with van der Waals surface area (Å²) in [4.78, 5) is 2.11. The molecule has 0 amide bonds. The molecule has 0 fully saturated rings. The highest BCUT2D eigenvalue weighted by Gasteiger charge is 2.36. The van der Waals surface area contributed by atoms with Gasteiger partial charge in [-0.05, 0) is 37.4 Å². The number of benzene rings is 1. The quantitative estimate of drug-likeness (QED) is 0.901. The second kappa shape index (κ2) is 5.27. The van der Waals surface area contributed by atoms with Crippen LogP contribution >= 0.6 is 11.6 Å². The molecule has 0 aliphatic heterocycles. The topological polar surface area (TPSA) is 39.1 Å². The first kappa shape index (κ1) is 13.4. The van der Waals surface area contributed by atoms with E-state index in [-0.39, 0.29) is 0 Å². The molecule has 96 valence electrons. The van der Waals surface area contributed by atoms with Crippen molar-refractivity contribution in [2.24, 2.45) is 0 Å². The summed E-state index contributed by atoms with van der Waals surface area (Å²) in [6.45, 7) is 1.75. The van der Waals surface area contributed by atoms with Crippen LogP contribution in [0, 0.1) is 11.3 Å². The molecule has 18 heavy (non-hydrogen) atoms. The Morgan fingerprint density at radius 3 is 2.78 bits per heavy atom. The van der Waals surface area contributed by atoms with Crippen molar-refractivity contribution in [2.45, 2.75) is 18.4 Å². The van der Waals surface area contributed by atoms with Gasteiger partial charge in [-0.15, -0.1) is 0 Å². The summed E-state index contributed by atoms with van der Waals surface area (Å²) in [6, 6.07) is 8.35. The maximum atomic E-state index is 9.46. The fourth-order valence-electron chi connectivity index (χ4n) is 2.41. The van der Waals surface area contributed by atoms with E-state index in [2.05, 4.69) is 16.3 Å². The van der Waals surface area contributed by atoms with Crippen molar-refractivity contribution >= 4 is 11.6 Å². The zero-order chi connectivity index (χ0) is 13.2. The highest BCUT2D eigenvalue weighted by molar-refractivity contribution is 6.30. The molecule has 0 spiro atoms. The molecule has 3 nitrogen and oxygen atoms in total. The van der Waals surface area contributed by atoms with Gasteiger partial charge >= 0.3 is 0 Å². The average Bonchev–Trinajstić information content (AvgIpc) is 2.67. The Morgan fingerprint density at radius 2 is 2.11 bits per heavy atom. The van der Waals surface area contributed by atoms with Crippen molar-refractivity contribution in [1.82, 2.24) is 10.2 Å². The van der Waals surface area contributed by atoms with E-state index >= 15 is 0 Å². The average molecular weight is 264 g/mol. The SMILES string of the molecule is CN(C)CCNC1(C#N)Cc2ccc(Cl)cc2C1. The highest BCUT2D eigenvalue weighted by atomic mass is 35.5. The second-order valence-electron chi connectivity index (χ2n) is 5.19. The molecule has 1 N–H and O–H groups in total. The number of fused-ring (bicyclic) bond motifs is 1. The second-order valence-corrected chi connectivity index (χ2v) is 5.63. The Balaban J connectivity index is 2.07. The van der Waals surface area contributed by atoms with Gasteiger partial charge in [-0.1, -0.05) is 17.7 Å². The Bertz CT molecular complexity index is 478. The van der Waals surface area contributed by atoms with E-state index in [1.807, 2.05) is 32.3 Å². The van der Waals surface area contributed by atoms with E-state index in [1.54, 1.807) is 0 Å². The molecule has 0 bridgehead atoms. The van der Waals surface area contributed by atoms with Gasteiger partial charge in [-0.2, -0.15) is 5.26 Å². The van der Waals surface area contributed by atoms with Gasteiger partial charge in [0.15, 0.2) is 0 Å². The summed E-state index contributed by atoms with van der Waals surface area (Å²) in [6.07, 6.45) is 1.51. The molecular weight excluding hydrogens is 246 g/mol. The van der Waals surface area contributed by atoms with Crippen LogP contribution in [0.4, 0.5) is 0 Å². The lowest BCUT2D eigenvalue weighted by atomic mass is 9.98. The third-order valence-corrected chi connectivity index (χ3v) is 3.62. The van der Waals surface area contributed by atoms with Crippen molar-refractivity contribution in [2.75, 3.05) is 27.2 Å². The molecule has 0 radical (unpaired) electrons. The first-order chi connectivity index (χ1) is 8.54. The Kier molecular flexibility index (Phi) is 3.91. The van der Waals surface area contributed by atoms with Gasteiger partial charge in [0, 0.05) is 31.0 Å². The highest BCUT2D eigenvalue weighted by Crippen LogP contribution is 2.31. The predicted molar refractivity (Wildman–Crippen MR) is 73.8 cm³/mol. The zero-order valence-electron chi connectivity index (χ0n) is 10.8. The van der Waals surface area contributed by atoms with Crippen molar-refractivity contribution in [1.29, 1.82) is 5.26 Å². The molecule has 2 rings (SSSR count). The van der Waals surface area contributed by atoms with Gasteiger partial charge in [-0.25, -0.2) is 0 Å². The Morgan fingerprint density at radius 1 is 1.39 bits per heavy atom. The first-order valence-electron chi connectivity index (χ1n) is 6.13. The van der Waals surface area contributed by atoms with Crippen molar-refractivity contribution in [3.63, 3.8) is 0 Å². The Labute approximate surface area is 113 Å². The van der Waals surface area contributed by atoms with Crippen LogP contribution in [0.15, 0.2) is 18.2 Å². The van der Waals surface area contributed by atoms with E-state index in [9.17, 15) is 5.26 Å². The Hall–Kier alpha value is -1.08. The third-order valence-electron chi connectivity index (χ3n) is 3.39. The van der Waals surface area contributed by atoms with E-state index in [0.29, 0.717) is 0 Å². The maximum absolute atomic E-state index is 9.46. The zero-order valence-corrected chi connectivity index (χ0v) is 11.6. The molecule has 1 unspecified atom stereocenters. The summed E-state index contributed by atoms with van der Waals surface area (Å²) < 4.78 is 0. The smallest absolute Gasteiger partial charge is 0.114 e. The molecule has 1 aliphatic rings. The van der Waals surface area contributed by atoms with Crippen LogP contribution in [0.2, 0.25) is 5.02 Å². The van der Waals surface area contributed by atoms with Crippen LogP contribution in [-0.2, 0) is 12.8 Å². The molecule has 0 saturated carbocycles. The largest absolute Gasteiger partial charge is 0.308 e. The summed E-state index contributed by atoms with van der Waals surface area (Å²) in [5, 5.41) is 13.6. The van der Waals surface area contributed by atoms with Crippen LogP contribution < -0.4 is 5.32 Å². The number of nitriles is 1. The molecule has 1 aromatic carbocycles. The van der Waals surface area contributed by atoms with Crippen molar-refractivity contribution in [3.05, 3.63) is 34.3 Å². The van der Waals surface area contributed by atoms with Crippen molar-refractivity contribution in [3.8, 4) is 6.07 Å². The van der Waals surface area contributed by atoms with Gasteiger partial charge < -0.3 is 4.90 Å². The minimum absolute atomic E-state index is 0.455. The molecule has 0 saturated heterocycles. The normalized spacial score (nSPS) is 21.9. The molecule has 1 atom stereocenters. The maximum Gasteiger partial charge on any atom is 0.114 e. The van der Waals surface area contributed by atoms with Gasteiger partial charge in [0.1, 0.15) is 5.54 Å². The van der Waals surface area contributed by atoms with E-state index in [4.69, 9.17) is 11.6 Å². The monoisotopic (exact) mass is 263 g/mol. The van der Waals surface area contributed by atoms with Crippen LogP contribution in [0.25, 0.3) is 0 Å². The third kappa shape index (κ3) is 2.84. The number of nitrogens with zero attached hydrogens (tertiary/aromatic N) is 2.